The predicted molar refractivity (Wildman–Crippen MR) is 73.9 cm³/mol. The van der Waals surface area contributed by atoms with Crippen LogP contribution in [-0.4, -0.2) is 23.1 Å². The molecule has 5 nitrogen and oxygen atoms in total. The number of aliphatic carboxylic acids is 1. The van der Waals surface area contributed by atoms with Crippen LogP contribution in [-0.2, 0) is 14.4 Å². The molecule has 2 N–H and O–H groups in total. The lowest BCUT2D eigenvalue weighted by Crippen LogP contribution is -2.36. The van der Waals surface area contributed by atoms with Crippen molar-refractivity contribution in [3.05, 3.63) is 0 Å². The van der Waals surface area contributed by atoms with Gasteiger partial charge in [-0.2, -0.15) is 0 Å². The average molecular weight is 283 g/mol. The second kappa shape index (κ2) is 7.07. The molecule has 0 aromatic heterocycles. The molecule has 0 bridgehead atoms. The van der Waals surface area contributed by atoms with E-state index in [9.17, 15) is 9.59 Å². The number of carboxylic acids is 1. The van der Waals surface area contributed by atoms with E-state index in [2.05, 4.69) is 5.48 Å². The molecule has 0 spiro atoms. The molecule has 0 saturated heterocycles. The zero-order valence-electron chi connectivity index (χ0n) is 12.0. The highest BCUT2D eigenvalue weighted by atomic mass is 16.7. The Morgan fingerprint density at radius 3 is 2.30 bits per heavy atom. The van der Waals surface area contributed by atoms with Crippen molar-refractivity contribution in [3.8, 4) is 0 Å². The number of hydrogen-bond acceptors (Lipinski definition) is 3. The molecule has 2 saturated carbocycles. The number of hydroxylamine groups is 1. The summed E-state index contributed by atoms with van der Waals surface area (Å²) < 4.78 is 0. The van der Waals surface area contributed by atoms with Gasteiger partial charge in [0.05, 0.1) is 12.5 Å². The molecule has 2 rings (SSSR count). The van der Waals surface area contributed by atoms with Crippen LogP contribution in [0.4, 0.5) is 0 Å². The fourth-order valence-corrected chi connectivity index (χ4v) is 3.57. The second-order valence-electron chi connectivity index (χ2n) is 6.36. The molecule has 2 fully saturated rings. The van der Waals surface area contributed by atoms with Gasteiger partial charge in [-0.15, -0.1) is 0 Å². The third kappa shape index (κ3) is 4.47. The quantitative estimate of drug-likeness (QED) is 0.735. The fraction of sp³-hybridized carbons (Fsp3) is 0.867. The van der Waals surface area contributed by atoms with Crippen LogP contribution < -0.4 is 5.48 Å². The Kier molecular flexibility index (Phi) is 5.40. The van der Waals surface area contributed by atoms with Crippen LogP contribution in [0, 0.1) is 5.41 Å². The molecule has 1 amide bonds. The number of amides is 1. The van der Waals surface area contributed by atoms with Crippen molar-refractivity contribution in [1.82, 2.24) is 5.48 Å². The third-order valence-corrected chi connectivity index (χ3v) is 4.62. The van der Waals surface area contributed by atoms with Gasteiger partial charge in [0.25, 0.3) is 0 Å². The van der Waals surface area contributed by atoms with Crippen molar-refractivity contribution < 1.29 is 19.5 Å². The zero-order valence-corrected chi connectivity index (χ0v) is 12.0. The Morgan fingerprint density at radius 1 is 1.05 bits per heavy atom. The minimum Gasteiger partial charge on any atom is -0.481 e. The molecule has 0 aliphatic heterocycles. The first-order valence-corrected chi connectivity index (χ1v) is 7.76. The van der Waals surface area contributed by atoms with Gasteiger partial charge in [-0.25, -0.2) is 5.48 Å². The first-order chi connectivity index (χ1) is 9.60. The Morgan fingerprint density at radius 2 is 1.70 bits per heavy atom. The largest absolute Gasteiger partial charge is 0.481 e. The molecule has 0 aromatic carbocycles. The first kappa shape index (κ1) is 15.3. The summed E-state index contributed by atoms with van der Waals surface area (Å²) in [5.74, 6) is -0.975. The number of nitrogens with one attached hydrogen (secondary N) is 1. The summed E-state index contributed by atoms with van der Waals surface area (Å²) in [6.07, 6.45) is 9.65. The Bertz CT molecular complexity index is 344. The third-order valence-electron chi connectivity index (χ3n) is 4.62. The maximum atomic E-state index is 12.0. The lowest BCUT2D eigenvalue weighted by molar-refractivity contribution is -0.145. The van der Waals surface area contributed by atoms with Gasteiger partial charge in [0.15, 0.2) is 0 Å². The van der Waals surface area contributed by atoms with Gasteiger partial charge in [-0.05, 0) is 31.1 Å². The second-order valence-corrected chi connectivity index (χ2v) is 6.36. The van der Waals surface area contributed by atoms with Crippen molar-refractivity contribution in [2.75, 3.05) is 0 Å². The molecule has 0 radical (unpaired) electrons. The fourth-order valence-electron chi connectivity index (χ4n) is 3.57. The molecular weight excluding hydrogens is 258 g/mol. The van der Waals surface area contributed by atoms with Crippen molar-refractivity contribution in [1.29, 1.82) is 0 Å². The van der Waals surface area contributed by atoms with Crippen molar-refractivity contribution in [3.63, 3.8) is 0 Å². The van der Waals surface area contributed by atoms with E-state index in [0.29, 0.717) is 0 Å². The van der Waals surface area contributed by atoms with Gasteiger partial charge in [0, 0.05) is 6.42 Å². The van der Waals surface area contributed by atoms with Gasteiger partial charge in [0.1, 0.15) is 0 Å². The van der Waals surface area contributed by atoms with Crippen LogP contribution in [0.15, 0.2) is 0 Å². The van der Waals surface area contributed by atoms with Gasteiger partial charge < -0.3 is 5.11 Å². The summed E-state index contributed by atoms with van der Waals surface area (Å²) in [5, 5.41) is 9.08. The highest BCUT2D eigenvalue weighted by Gasteiger charge is 2.36. The normalized spacial score (nSPS) is 22.6. The molecule has 0 unspecified atom stereocenters. The molecule has 2 aliphatic carbocycles. The maximum Gasteiger partial charge on any atom is 0.303 e. The first-order valence-electron chi connectivity index (χ1n) is 7.76. The van der Waals surface area contributed by atoms with Gasteiger partial charge in [0.2, 0.25) is 5.91 Å². The summed E-state index contributed by atoms with van der Waals surface area (Å²) in [5.41, 5.74) is 2.17. The number of hydrogen-bond donors (Lipinski definition) is 2. The van der Waals surface area contributed by atoms with Crippen LogP contribution >= 0.6 is 0 Å². The van der Waals surface area contributed by atoms with Crippen LogP contribution in [0.2, 0.25) is 0 Å². The van der Waals surface area contributed by atoms with Crippen molar-refractivity contribution in [2.45, 2.75) is 76.7 Å². The van der Waals surface area contributed by atoms with E-state index >= 15 is 0 Å². The highest BCUT2D eigenvalue weighted by molar-refractivity contribution is 5.77. The Labute approximate surface area is 120 Å². The van der Waals surface area contributed by atoms with Crippen LogP contribution in [0.3, 0.4) is 0 Å². The van der Waals surface area contributed by atoms with E-state index in [0.717, 1.165) is 57.8 Å². The number of carboxylic acid groups (broad SMARTS) is 1. The van der Waals surface area contributed by atoms with E-state index in [1.54, 1.807) is 0 Å². The molecule has 0 atom stereocenters. The summed E-state index contributed by atoms with van der Waals surface area (Å²) in [6, 6.07) is 0. The number of carbonyl (C=O) groups is 2. The van der Waals surface area contributed by atoms with Gasteiger partial charge in [-0.1, -0.05) is 32.1 Å². The van der Waals surface area contributed by atoms with Crippen LogP contribution in [0.5, 0.6) is 0 Å². The molecule has 0 aromatic rings. The van der Waals surface area contributed by atoms with E-state index in [-0.39, 0.29) is 30.3 Å². The minimum absolute atomic E-state index is 0.0872. The van der Waals surface area contributed by atoms with Crippen molar-refractivity contribution >= 4 is 11.9 Å². The molecule has 5 heteroatoms. The molecule has 2 aliphatic rings. The smallest absolute Gasteiger partial charge is 0.303 e. The number of rotatable bonds is 6. The maximum absolute atomic E-state index is 12.0. The van der Waals surface area contributed by atoms with Gasteiger partial charge >= 0.3 is 5.97 Å². The Hall–Kier alpha value is -1.10. The zero-order chi connectivity index (χ0) is 14.4. The van der Waals surface area contributed by atoms with Crippen molar-refractivity contribution in [2.24, 2.45) is 5.41 Å². The van der Waals surface area contributed by atoms with E-state index in [4.69, 9.17) is 9.94 Å². The van der Waals surface area contributed by atoms with Crippen LogP contribution in [0.1, 0.15) is 70.6 Å². The summed E-state index contributed by atoms with van der Waals surface area (Å²) in [7, 11) is 0. The standard InChI is InChI=1S/C15H25NO4/c17-13(16-20-12-6-2-3-7-12)10-15(11-14(18)19)8-4-1-5-9-15/h12H,1-11H2,(H,16,17)(H,18,19). The number of carbonyl (C=O) groups excluding carboxylic acids is 1. The topological polar surface area (TPSA) is 75.6 Å². The SMILES string of the molecule is O=C(O)CC1(CC(=O)NOC2CCCC2)CCCCC1. The molecular formula is C15H25NO4. The molecule has 114 valence electrons. The summed E-state index contributed by atoms with van der Waals surface area (Å²) in [6.45, 7) is 0. The average Bonchev–Trinajstić information content (AvgIpc) is 2.89. The van der Waals surface area contributed by atoms with E-state index < -0.39 is 5.97 Å². The summed E-state index contributed by atoms with van der Waals surface area (Å²) >= 11 is 0. The lowest BCUT2D eigenvalue weighted by Gasteiger charge is -2.35. The van der Waals surface area contributed by atoms with E-state index in [1.807, 2.05) is 0 Å². The monoisotopic (exact) mass is 283 g/mol. The summed E-state index contributed by atoms with van der Waals surface area (Å²) in [4.78, 5) is 28.5. The molecule has 20 heavy (non-hydrogen) atoms. The minimum atomic E-state index is -0.809. The van der Waals surface area contributed by atoms with Crippen LogP contribution in [0.25, 0.3) is 0 Å². The highest BCUT2D eigenvalue weighted by Crippen LogP contribution is 2.42. The van der Waals surface area contributed by atoms with E-state index in [1.165, 1.54) is 0 Å². The Balaban J connectivity index is 1.82. The molecule has 0 heterocycles. The lowest BCUT2D eigenvalue weighted by atomic mass is 9.69. The predicted octanol–water partition coefficient (Wildman–Crippen LogP) is 2.79. The van der Waals surface area contributed by atoms with Gasteiger partial charge in [-0.3, -0.25) is 14.4 Å².